The molecule has 1 fully saturated rings. The molecule has 0 saturated heterocycles. The molecular weight excluding hydrogens is 168 g/mol. The molecule has 0 heteroatoms. The Morgan fingerprint density at radius 1 is 1.57 bits per heavy atom. The fraction of sp³-hybridized carbons (Fsp3) is 0.571. The van der Waals surface area contributed by atoms with Crippen LogP contribution in [-0.4, -0.2) is 0 Å². The second-order valence-electron chi connectivity index (χ2n) is 4.76. The van der Waals surface area contributed by atoms with Gasteiger partial charge in [-0.3, -0.25) is 0 Å². The lowest BCUT2D eigenvalue weighted by Gasteiger charge is -2.41. The number of allylic oxidation sites excluding steroid dienone is 4. The van der Waals surface area contributed by atoms with Crippen LogP contribution in [0.25, 0.3) is 0 Å². The summed E-state index contributed by atoms with van der Waals surface area (Å²) in [5, 5.41) is 0. The minimum Gasteiger partial charge on any atom is -0.103 e. The molecule has 0 amide bonds. The highest BCUT2D eigenvalue weighted by atomic mass is 14.4. The van der Waals surface area contributed by atoms with Gasteiger partial charge in [-0.2, -0.15) is 0 Å². The van der Waals surface area contributed by atoms with E-state index in [1.165, 1.54) is 24.8 Å². The largest absolute Gasteiger partial charge is 0.103 e. The predicted molar refractivity (Wildman–Crippen MR) is 64.2 cm³/mol. The third-order valence-electron chi connectivity index (χ3n) is 3.72. The van der Waals surface area contributed by atoms with Gasteiger partial charge in [0.25, 0.3) is 0 Å². The zero-order chi connectivity index (χ0) is 10.8. The van der Waals surface area contributed by atoms with Crippen LogP contribution in [-0.2, 0) is 0 Å². The highest BCUT2D eigenvalue weighted by Gasteiger charge is 2.35. The first kappa shape index (κ1) is 11.3. The normalized spacial score (nSPS) is 35.6. The summed E-state index contributed by atoms with van der Waals surface area (Å²) in [6, 6.07) is 0. The molecule has 0 nitrogen and oxygen atoms in total. The third-order valence-corrected chi connectivity index (χ3v) is 3.72. The van der Waals surface area contributed by atoms with Crippen molar-refractivity contribution in [3.63, 3.8) is 0 Å². The third kappa shape index (κ3) is 2.00. The second kappa shape index (κ2) is 4.16. The number of hydrogen-bond donors (Lipinski definition) is 0. The zero-order valence-corrected chi connectivity index (χ0v) is 9.77. The Labute approximate surface area is 88.4 Å². The van der Waals surface area contributed by atoms with Crippen LogP contribution in [0.4, 0.5) is 0 Å². The standard InChI is InChI=1S/C14H22/c1-6-12-8-9-14(5,7-2)13(10-12)11(3)4/h6-7,13H,2-3,8-10H2,1,4-5H3. The van der Waals surface area contributed by atoms with Crippen molar-refractivity contribution in [2.24, 2.45) is 11.3 Å². The Kier molecular flexibility index (Phi) is 3.36. The maximum atomic E-state index is 4.12. The van der Waals surface area contributed by atoms with Gasteiger partial charge in [-0.05, 0) is 44.4 Å². The van der Waals surface area contributed by atoms with Gasteiger partial charge in [0.15, 0.2) is 0 Å². The van der Waals surface area contributed by atoms with Gasteiger partial charge in [-0.25, -0.2) is 0 Å². The molecule has 0 aromatic carbocycles. The van der Waals surface area contributed by atoms with Crippen LogP contribution in [0.3, 0.4) is 0 Å². The fourth-order valence-corrected chi connectivity index (χ4v) is 2.45. The summed E-state index contributed by atoms with van der Waals surface area (Å²) in [7, 11) is 0. The van der Waals surface area contributed by atoms with Gasteiger partial charge in [-0.1, -0.05) is 36.8 Å². The summed E-state index contributed by atoms with van der Waals surface area (Å²) in [5.41, 5.74) is 3.14. The first-order valence-electron chi connectivity index (χ1n) is 5.46. The minimum atomic E-state index is 0.262. The lowest BCUT2D eigenvalue weighted by atomic mass is 9.64. The summed E-state index contributed by atoms with van der Waals surface area (Å²) >= 11 is 0. The van der Waals surface area contributed by atoms with Crippen molar-refractivity contribution in [2.75, 3.05) is 0 Å². The van der Waals surface area contributed by atoms with E-state index in [0.29, 0.717) is 5.92 Å². The molecule has 0 spiro atoms. The highest BCUT2D eigenvalue weighted by molar-refractivity contribution is 5.19. The van der Waals surface area contributed by atoms with Crippen molar-refractivity contribution in [2.45, 2.75) is 40.0 Å². The fourth-order valence-electron chi connectivity index (χ4n) is 2.45. The van der Waals surface area contributed by atoms with Gasteiger partial charge in [0.2, 0.25) is 0 Å². The van der Waals surface area contributed by atoms with Gasteiger partial charge in [-0.15, -0.1) is 6.58 Å². The van der Waals surface area contributed by atoms with Gasteiger partial charge in [0.05, 0.1) is 0 Å². The highest BCUT2D eigenvalue weighted by Crippen LogP contribution is 2.46. The van der Waals surface area contributed by atoms with Gasteiger partial charge in [0.1, 0.15) is 0 Å². The maximum Gasteiger partial charge on any atom is -0.00779 e. The molecule has 78 valence electrons. The van der Waals surface area contributed by atoms with E-state index in [1.807, 2.05) is 0 Å². The predicted octanol–water partition coefficient (Wildman–Crippen LogP) is 4.50. The van der Waals surface area contributed by atoms with Crippen LogP contribution in [0.5, 0.6) is 0 Å². The average Bonchev–Trinajstić information content (AvgIpc) is 2.18. The lowest BCUT2D eigenvalue weighted by molar-refractivity contribution is 0.239. The summed E-state index contributed by atoms with van der Waals surface area (Å²) in [6.45, 7) is 14.7. The molecule has 1 saturated carbocycles. The van der Waals surface area contributed by atoms with Crippen LogP contribution in [0, 0.1) is 11.3 Å². The van der Waals surface area contributed by atoms with Crippen molar-refractivity contribution < 1.29 is 0 Å². The quantitative estimate of drug-likeness (QED) is 0.562. The van der Waals surface area contributed by atoms with Crippen LogP contribution >= 0.6 is 0 Å². The first-order chi connectivity index (χ1) is 6.53. The molecule has 0 aromatic heterocycles. The van der Waals surface area contributed by atoms with Crippen LogP contribution in [0.15, 0.2) is 36.5 Å². The zero-order valence-electron chi connectivity index (χ0n) is 9.77. The Bertz CT molecular complexity index is 270. The molecular formula is C14H22. The molecule has 1 aliphatic carbocycles. The number of hydrogen-bond acceptors (Lipinski definition) is 0. The van der Waals surface area contributed by atoms with Gasteiger partial charge < -0.3 is 0 Å². The van der Waals surface area contributed by atoms with Gasteiger partial charge >= 0.3 is 0 Å². The lowest BCUT2D eigenvalue weighted by Crippen LogP contribution is -2.30. The molecule has 0 N–H and O–H groups in total. The van der Waals surface area contributed by atoms with E-state index in [-0.39, 0.29) is 5.41 Å². The first-order valence-corrected chi connectivity index (χ1v) is 5.46. The van der Waals surface area contributed by atoms with Gasteiger partial charge in [0, 0.05) is 0 Å². The molecule has 1 aliphatic rings. The second-order valence-corrected chi connectivity index (χ2v) is 4.76. The summed E-state index contributed by atoms with van der Waals surface area (Å²) < 4.78 is 0. The minimum absolute atomic E-state index is 0.262. The van der Waals surface area contributed by atoms with E-state index in [9.17, 15) is 0 Å². The van der Waals surface area contributed by atoms with E-state index >= 15 is 0 Å². The van der Waals surface area contributed by atoms with E-state index in [4.69, 9.17) is 0 Å². The average molecular weight is 190 g/mol. The Morgan fingerprint density at radius 2 is 2.21 bits per heavy atom. The van der Waals surface area contributed by atoms with E-state index in [2.05, 4.69) is 46.1 Å². The van der Waals surface area contributed by atoms with E-state index in [0.717, 1.165) is 0 Å². The molecule has 0 bridgehead atoms. The molecule has 2 unspecified atom stereocenters. The van der Waals surface area contributed by atoms with Crippen molar-refractivity contribution >= 4 is 0 Å². The smallest absolute Gasteiger partial charge is 0.00779 e. The number of rotatable bonds is 2. The Balaban J connectivity index is 2.92. The van der Waals surface area contributed by atoms with Crippen molar-refractivity contribution in [1.29, 1.82) is 0 Å². The van der Waals surface area contributed by atoms with Crippen molar-refractivity contribution in [1.82, 2.24) is 0 Å². The van der Waals surface area contributed by atoms with Crippen molar-refractivity contribution in [3.05, 3.63) is 36.5 Å². The van der Waals surface area contributed by atoms with Crippen LogP contribution in [0.1, 0.15) is 40.0 Å². The Morgan fingerprint density at radius 3 is 2.64 bits per heavy atom. The molecule has 0 heterocycles. The molecule has 2 atom stereocenters. The van der Waals surface area contributed by atoms with Crippen LogP contribution < -0.4 is 0 Å². The maximum absolute atomic E-state index is 4.12. The molecule has 0 aliphatic heterocycles. The SMILES string of the molecule is C=CC1(C)CCC(=CC)CC1C(=C)C. The topological polar surface area (TPSA) is 0 Å². The monoisotopic (exact) mass is 190 g/mol. The van der Waals surface area contributed by atoms with E-state index < -0.39 is 0 Å². The molecule has 0 radical (unpaired) electrons. The van der Waals surface area contributed by atoms with E-state index in [1.54, 1.807) is 5.57 Å². The van der Waals surface area contributed by atoms with Crippen LogP contribution in [0.2, 0.25) is 0 Å². The molecule has 1 rings (SSSR count). The summed E-state index contributed by atoms with van der Waals surface area (Å²) in [6.07, 6.45) is 8.00. The molecule has 0 aromatic rings. The van der Waals surface area contributed by atoms with Crippen molar-refractivity contribution in [3.8, 4) is 0 Å². The Hall–Kier alpha value is -0.780. The molecule has 14 heavy (non-hydrogen) atoms. The summed E-state index contributed by atoms with van der Waals surface area (Å²) in [5.74, 6) is 0.583. The summed E-state index contributed by atoms with van der Waals surface area (Å²) in [4.78, 5) is 0.